The van der Waals surface area contributed by atoms with Crippen LogP contribution in [-0.4, -0.2) is 36.6 Å². The number of benzene rings is 1. The molecular weight excluding hydrogens is 272 g/mol. The van der Waals surface area contributed by atoms with Gasteiger partial charge in [0.15, 0.2) is 0 Å². The van der Waals surface area contributed by atoms with Gasteiger partial charge >= 0.3 is 0 Å². The summed E-state index contributed by atoms with van der Waals surface area (Å²) in [5, 5.41) is 0. The number of anilines is 1. The maximum absolute atomic E-state index is 11.6. The van der Waals surface area contributed by atoms with Crippen molar-refractivity contribution in [3.05, 3.63) is 35.6 Å². The first kappa shape index (κ1) is 16.8. The fourth-order valence-electron chi connectivity index (χ4n) is 3.09. The first-order valence-electron chi connectivity index (χ1n) is 7.19. The summed E-state index contributed by atoms with van der Waals surface area (Å²) in [5.41, 5.74) is 2.51. The number of carbonyl (C=O) groups excluding carboxylic acids is 1. The van der Waals surface area contributed by atoms with Crippen molar-refractivity contribution in [3.63, 3.8) is 0 Å². The molecule has 0 aromatic heterocycles. The monoisotopic (exact) mass is 294 g/mol. The zero-order valence-corrected chi connectivity index (χ0v) is 13.3. The van der Waals surface area contributed by atoms with Gasteiger partial charge in [-0.1, -0.05) is 18.2 Å². The maximum atomic E-state index is 11.6. The quantitative estimate of drug-likeness (QED) is 0.544. The third-order valence-corrected chi connectivity index (χ3v) is 4.50. The van der Waals surface area contributed by atoms with Crippen molar-refractivity contribution in [2.75, 3.05) is 31.1 Å². The van der Waals surface area contributed by atoms with E-state index in [1.807, 2.05) is 6.07 Å². The fourth-order valence-corrected chi connectivity index (χ4v) is 3.09. The first-order valence-corrected chi connectivity index (χ1v) is 7.19. The average molecular weight is 295 g/mol. The molecule has 0 saturated carbocycles. The van der Waals surface area contributed by atoms with Gasteiger partial charge in [0.05, 0.1) is 19.6 Å². The van der Waals surface area contributed by atoms with Crippen LogP contribution in [0.3, 0.4) is 0 Å². The highest BCUT2D eigenvalue weighted by molar-refractivity contribution is 5.67. The Morgan fingerprint density at radius 1 is 1.20 bits per heavy atom. The van der Waals surface area contributed by atoms with Crippen LogP contribution in [0.25, 0.3) is 0 Å². The summed E-state index contributed by atoms with van der Waals surface area (Å²) in [6.07, 6.45) is 1.01. The minimum absolute atomic E-state index is 0. The van der Waals surface area contributed by atoms with Crippen molar-refractivity contribution in [2.24, 2.45) is 0 Å². The van der Waals surface area contributed by atoms with Crippen LogP contribution >= 0.6 is 0 Å². The fraction of sp³-hybridized carbons (Fsp3) is 0.500. The van der Waals surface area contributed by atoms with Gasteiger partial charge in [0.25, 0.3) is 5.82 Å². The second-order valence-electron chi connectivity index (χ2n) is 5.05. The molecule has 0 saturated heterocycles. The molecule has 0 bridgehead atoms. The number of quaternary nitrogens is 1. The molecule has 4 heteroatoms. The van der Waals surface area contributed by atoms with E-state index in [1.54, 1.807) is 0 Å². The molecule has 3 nitrogen and oxygen atoms in total. The molecule has 0 fully saturated rings. The molecule has 0 spiro atoms. The number of hydrogen-bond acceptors (Lipinski definition) is 2. The number of nitrogens with zero attached hydrogens (tertiary/aromatic N) is 2. The van der Waals surface area contributed by atoms with Crippen LogP contribution < -0.4 is 17.3 Å². The molecule has 0 N–H and O–H groups in total. The topological polar surface area (TPSA) is 20.3 Å². The van der Waals surface area contributed by atoms with Crippen LogP contribution in [0.4, 0.5) is 5.69 Å². The van der Waals surface area contributed by atoms with Crippen molar-refractivity contribution in [2.45, 2.75) is 27.2 Å². The van der Waals surface area contributed by atoms with Crippen LogP contribution in [-0.2, 0) is 11.2 Å². The van der Waals surface area contributed by atoms with Gasteiger partial charge in [-0.15, -0.1) is 0 Å². The predicted molar refractivity (Wildman–Crippen MR) is 78.6 cm³/mol. The molecule has 0 atom stereocenters. The molecule has 110 valence electrons. The van der Waals surface area contributed by atoms with E-state index < -0.39 is 0 Å². The smallest absolute Gasteiger partial charge is 0.294 e. The van der Waals surface area contributed by atoms with E-state index in [2.05, 4.69) is 49.8 Å². The molecule has 1 aromatic rings. The van der Waals surface area contributed by atoms with Crippen LogP contribution in [0, 0.1) is 0 Å². The summed E-state index contributed by atoms with van der Waals surface area (Å²) >= 11 is 0. The molecule has 1 heterocycles. The molecule has 20 heavy (non-hydrogen) atoms. The Morgan fingerprint density at radius 2 is 1.80 bits per heavy atom. The summed E-state index contributed by atoms with van der Waals surface area (Å²) in [4.78, 5) is 13.8. The van der Waals surface area contributed by atoms with Crippen molar-refractivity contribution < 1.29 is 21.7 Å². The Kier molecular flexibility index (Phi) is 5.82. The zero-order chi connectivity index (χ0) is 13.9. The standard InChI is InChI=1S/C16H23N2O.ClH/c1-4-18(5-2,6-3)16(13-19)17-12-11-14-9-7-8-10-15(14)17;/h7-10H,4-6,11-12H2,1-3H3;1H/q+1;/p-1. The van der Waals surface area contributed by atoms with Gasteiger partial charge in [0.2, 0.25) is 5.94 Å². The van der Waals surface area contributed by atoms with E-state index in [-0.39, 0.29) is 12.4 Å². The van der Waals surface area contributed by atoms with E-state index in [0.29, 0.717) is 4.48 Å². The van der Waals surface area contributed by atoms with E-state index in [9.17, 15) is 4.79 Å². The van der Waals surface area contributed by atoms with Gasteiger partial charge in [-0.3, -0.25) is 9.38 Å². The van der Waals surface area contributed by atoms with Crippen LogP contribution in [0.1, 0.15) is 26.3 Å². The SMILES string of the molecule is CC[N+](CC)(CC)C(=C=O)N1CCc2ccccc21.[Cl-]. The number of hydrogen-bond donors (Lipinski definition) is 0. The predicted octanol–water partition coefficient (Wildman–Crippen LogP) is -0.397. The van der Waals surface area contributed by atoms with Crippen molar-refractivity contribution >= 4 is 11.6 Å². The Morgan fingerprint density at radius 3 is 2.35 bits per heavy atom. The van der Waals surface area contributed by atoms with E-state index in [1.165, 1.54) is 11.3 Å². The molecule has 1 aliphatic rings. The molecule has 1 aromatic carbocycles. The second-order valence-corrected chi connectivity index (χ2v) is 5.05. The Balaban J connectivity index is 0.00000200. The number of halogens is 1. The molecule has 0 amide bonds. The van der Waals surface area contributed by atoms with Gasteiger partial charge in [-0.2, -0.15) is 0 Å². The molecule has 0 aliphatic carbocycles. The van der Waals surface area contributed by atoms with Gasteiger partial charge in [-0.05, 0) is 38.8 Å². The number of para-hydroxylation sites is 1. The van der Waals surface area contributed by atoms with E-state index in [0.717, 1.165) is 38.4 Å². The first-order chi connectivity index (χ1) is 9.22. The highest BCUT2D eigenvalue weighted by Gasteiger charge is 2.36. The molecule has 0 unspecified atom stereocenters. The normalized spacial score (nSPS) is 13.4. The maximum Gasteiger partial charge on any atom is 0.294 e. The van der Waals surface area contributed by atoms with Crippen LogP contribution in [0.5, 0.6) is 0 Å². The van der Waals surface area contributed by atoms with Gasteiger partial charge in [-0.25, -0.2) is 4.79 Å². The van der Waals surface area contributed by atoms with Crippen molar-refractivity contribution in [3.8, 4) is 0 Å². The van der Waals surface area contributed by atoms with Gasteiger partial charge in [0, 0.05) is 12.2 Å². The summed E-state index contributed by atoms with van der Waals surface area (Å²) in [6, 6.07) is 8.36. The van der Waals surface area contributed by atoms with Crippen LogP contribution in [0.2, 0.25) is 0 Å². The molecule has 1 aliphatic heterocycles. The molecule has 2 rings (SSSR count). The highest BCUT2D eigenvalue weighted by Crippen LogP contribution is 2.33. The Bertz CT molecular complexity index is 497. The Hall–Kier alpha value is -1.28. The second kappa shape index (κ2) is 6.94. The lowest BCUT2D eigenvalue weighted by atomic mass is 10.2. The minimum atomic E-state index is 0. The summed E-state index contributed by atoms with van der Waals surface area (Å²) in [6.45, 7) is 10.1. The third kappa shape index (κ3) is 2.62. The van der Waals surface area contributed by atoms with Crippen molar-refractivity contribution in [1.29, 1.82) is 0 Å². The lowest BCUT2D eigenvalue weighted by Crippen LogP contribution is -3.00. The van der Waals surface area contributed by atoms with Crippen molar-refractivity contribution in [1.82, 2.24) is 0 Å². The molecular formula is C16H23ClN2O. The summed E-state index contributed by atoms with van der Waals surface area (Å²) in [7, 11) is 0. The van der Waals surface area contributed by atoms with Crippen LogP contribution in [0.15, 0.2) is 30.1 Å². The largest absolute Gasteiger partial charge is 1.00 e. The lowest BCUT2D eigenvalue weighted by Gasteiger charge is -2.38. The summed E-state index contributed by atoms with van der Waals surface area (Å²) in [5.74, 6) is 3.03. The average Bonchev–Trinajstić information content (AvgIpc) is 2.89. The van der Waals surface area contributed by atoms with E-state index in [4.69, 9.17) is 0 Å². The lowest BCUT2D eigenvalue weighted by molar-refractivity contribution is -0.886. The molecule has 0 radical (unpaired) electrons. The van der Waals surface area contributed by atoms with Gasteiger partial charge < -0.3 is 12.4 Å². The number of fused-ring (bicyclic) bond motifs is 1. The Labute approximate surface area is 127 Å². The number of rotatable bonds is 5. The minimum Gasteiger partial charge on any atom is -1.00 e. The zero-order valence-electron chi connectivity index (χ0n) is 12.5. The van der Waals surface area contributed by atoms with Gasteiger partial charge in [0.1, 0.15) is 0 Å². The summed E-state index contributed by atoms with van der Waals surface area (Å²) < 4.78 is 0.706. The highest BCUT2D eigenvalue weighted by atomic mass is 35.5. The third-order valence-electron chi connectivity index (χ3n) is 4.50. The van der Waals surface area contributed by atoms with E-state index >= 15 is 0 Å².